The van der Waals surface area contributed by atoms with E-state index in [9.17, 15) is 4.39 Å². The first kappa shape index (κ1) is 11.0. The van der Waals surface area contributed by atoms with Crippen molar-refractivity contribution in [2.45, 2.75) is 56.4 Å². The molecule has 96 valence electrons. The first-order valence-electron chi connectivity index (χ1n) is 7.05. The third-order valence-electron chi connectivity index (χ3n) is 5.49. The maximum Gasteiger partial charge on any atom is 0.123 e. The molecule has 4 bridgehead atoms. The zero-order chi connectivity index (χ0) is 12.5. The van der Waals surface area contributed by atoms with E-state index in [1.54, 1.807) is 12.1 Å². The molecule has 2 saturated carbocycles. The molecule has 2 heteroatoms. The molecule has 2 N–H and O–H groups in total. The third kappa shape index (κ3) is 1.41. The lowest BCUT2D eigenvalue weighted by atomic mass is 9.56. The van der Waals surface area contributed by atoms with Gasteiger partial charge in [-0.2, -0.15) is 0 Å². The van der Waals surface area contributed by atoms with Crippen molar-refractivity contribution in [3.05, 3.63) is 35.1 Å². The lowest BCUT2D eigenvalue weighted by Gasteiger charge is -2.52. The summed E-state index contributed by atoms with van der Waals surface area (Å²) < 4.78 is 13.6. The number of halogens is 1. The van der Waals surface area contributed by atoms with Crippen molar-refractivity contribution >= 4 is 0 Å². The Labute approximate surface area is 108 Å². The normalized spacial score (nSPS) is 44.8. The molecular weight excluding hydrogens is 225 g/mol. The minimum absolute atomic E-state index is 0.00389. The van der Waals surface area contributed by atoms with E-state index in [1.807, 2.05) is 6.07 Å². The highest BCUT2D eigenvalue weighted by molar-refractivity contribution is 5.40. The molecule has 0 spiro atoms. The van der Waals surface area contributed by atoms with E-state index in [1.165, 1.54) is 24.0 Å². The molecule has 18 heavy (non-hydrogen) atoms. The summed E-state index contributed by atoms with van der Waals surface area (Å²) in [5, 5.41) is 0. The van der Waals surface area contributed by atoms with Gasteiger partial charge in [-0.15, -0.1) is 0 Å². The fraction of sp³-hybridized carbons (Fsp3) is 0.625. The largest absolute Gasteiger partial charge is 0.325 e. The maximum atomic E-state index is 13.6. The fourth-order valence-corrected chi connectivity index (χ4v) is 5.33. The Hall–Kier alpha value is -0.890. The van der Waals surface area contributed by atoms with Gasteiger partial charge < -0.3 is 5.73 Å². The van der Waals surface area contributed by atoms with Crippen LogP contribution in [0, 0.1) is 11.2 Å². The molecule has 0 heterocycles. The lowest BCUT2D eigenvalue weighted by Crippen LogP contribution is -2.52. The van der Waals surface area contributed by atoms with Crippen LogP contribution in [0.15, 0.2) is 18.2 Å². The summed E-state index contributed by atoms with van der Waals surface area (Å²) in [6, 6.07) is 5.41. The van der Waals surface area contributed by atoms with Gasteiger partial charge in [0.25, 0.3) is 0 Å². The van der Waals surface area contributed by atoms with Crippen LogP contribution in [0.1, 0.15) is 62.0 Å². The van der Waals surface area contributed by atoms with Gasteiger partial charge in [-0.3, -0.25) is 0 Å². The number of hydrogen-bond donors (Lipinski definition) is 1. The Bertz CT molecular complexity index is 506. The highest BCUT2D eigenvalue weighted by Gasteiger charge is 2.53. The van der Waals surface area contributed by atoms with Crippen LogP contribution in [0.3, 0.4) is 0 Å². The zero-order valence-corrected chi connectivity index (χ0v) is 10.9. The standard InChI is InChI=1S/C16H20FN/c1-15-5-10-7-16(18,9-15)8-11(6-15)14-4-12(17)2-3-13(10)14/h2-4,10-11H,5-9,18H2,1H3. The second-order valence-corrected chi connectivity index (χ2v) is 7.33. The van der Waals surface area contributed by atoms with Crippen LogP contribution in [-0.4, -0.2) is 5.54 Å². The van der Waals surface area contributed by atoms with Crippen LogP contribution < -0.4 is 5.73 Å². The van der Waals surface area contributed by atoms with Gasteiger partial charge in [-0.1, -0.05) is 13.0 Å². The van der Waals surface area contributed by atoms with Crippen molar-refractivity contribution in [2.75, 3.05) is 0 Å². The van der Waals surface area contributed by atoms with Gasteiger partial charge in [-0.25, -0.2) is 4.39 Å². The van der Waals surface area contributed by atoms with Crippen molar-refractivity contribution < 1.29 is 4.39 Å². The van der Waals surface area contributed by atoms with Crippen LogP contribution in [0.4, 0.5) is 4.39 Å². The van der Waals surface area contributed by atoms with Crippen molar-refractivity contribution in [1.29, 1.82) is 0 Å². The average Bonchev–Trinajstić information content (AvgIpc) is 2.36. The molecule has 0 saturated heterocycles. The molecule has 5 rings (SSSR count). The van der Waals surface area contributed by atoms with Gasteiger partial charge in [0.15, 0.2) is 0 Å². The predicted molar refractivity (Wildman–Crippen MR) is 70.0 cm³/mol. The van der Waals surface area contributed by atoms with Gasteiger partial charge >= 0.3 is 0 Å². The summed E-state index contributed by atoms with van der Waals surface area (Å²) in [7, 11) is 0. The van der Waals surface area contributed by atoms with Gasteiger partial charge in [0, 0.05) is 5.54 Å². The van der Waals surface area contributed by atoms with Gasteiger partial charge in [0.2, 0.25) is 0 Å². The van der Waals surface area contributed by atoms with Crippen LogP contribution >= 0.6 is 0 Å². The topological polar surface area (TPSA) is 26.0 Å². The van der Waals surface area contributed by atoms with E-state index >= 15 is 0 Å². The Morgan fingerprint density at radius 2 is 1.78 bits per heavy atom. The van der Waals surface area contributed by atoms with Crippen molar-refractivity contribution in [3.63, 3.8) is 0 Å². The molecule has 1 aromatic carbocycles. The quantitative estimate of drug-likeness (QED) is 0.741. The van der Waals surface area contributed by atoms with Gasteiger partial charge in [0.1, 0.15) is 5.82 Å². The fourth-order valence-electron chi connectivity index (χ4n) is 5.33. The zero-order valence-electron chi connectivity index (χ0n) is 10.9. The molecule has 1 nitrogen and oxygen atoms in total. The summed E-state index contributed by atoms with van der Waals surface area (Å²) in [6.45, 7) is 2.38. The second kappa shape index (κ2) is 3.16. The van der Waals surface area contributed by atoms with Crippen LogP contribution in [0.25, 0.3) is 0 Å². The Balaban J connectivity index is 1.93. The van der Waals surface area contributed by atoms with E-state index in [0.29, 0.717) is 17.3 Å². The van der Waals surface area contributed by atoms with E-state index in [0.717, 1.165) is 19.3 Å². The average molecular weight is 245 g/mol. The molecule has 4 aliphatic carbocycles. The van der Waals surface area contributed by atoms with Gasteiger partial charge in [0.05, 0.1) is 0 Å². The molecule has 0 radical (unpaired) electrons. The summed E-state index contributed by atoms with van der Waals surface area (Å²) in [5.41, 5.74) is 9.64. The molecule has 0 amide bonds. The Morgan fingerprint density at radius 1 is 1.11 bits per heavy atom. The van der Waals surface area contributed by atoms with E-state index < -0.39 is 0 Å². The summed E-state index contributed by atoms with van der Waals surface area (Å²) in [6.07, 6.45) is 5.73. The molecule has 4 unspecified atom stereocenters. The molecular formula is C16H20FN. The van der Waals surface area contributed by atoms with Crippen LogP contribution in [0.2, 0.25) is 0 Å². The maximum absolute atomic E-state index is 13.6. The van der Waals surface area contributed by atoms with Crippen molar-refractivity contribution in [2.24, 2.45) is 11.1 Å². The van der Waals surface area contributed by atoms with E-state index in [2.05, 4.69) is 6.92 Å². The lowest BCUT2D eigenvalue weighted by molar-refractivity contribution is 0.0544. The number of rotatable bonds is 0. The number of benzene rings is 1. The Kier molecular flexibility index (Phi) is 1.93. The summed E-state index contributed by atoms with van der Waals surface area (Å²) >= 11 is 0. The van der Waals surface area contributed by atoms with Crippen molar-refractivity contribution in [3.8, 4) is 0 Å². The Morgan fingerprint density at radius 3 is 2.44 bits per heavy atom. The first-order chi connectivity index (χ1) is 8.46. The summed E-state index contributed by atoms with van der Waals surface area (Å²) in [4.78, 5) is 0. The number of nitrogens with two attached hydrogens (primary N) is 1. The first-order valence-corrected chi connectivity index (χ1v) is 7.05. The highest BCUT2D eigenvalue weighted by Crippen LogP contribution is 2.62. The van der Waals surface area contributed by atoms with E-state index in [-0.39, 0.29) is 11.4 Å². The second-order valence-electron chi connectivity index (χ2n) is 7.33. The molecule has 4 aliphatic rings. The number of hydrogen-bond acceptors (Lipinski definition) is 1. The smallest absolute Gasteiger partial charge is 0.123 e. The van der Waals surface area contributed by atoms with Crippen LogP contribution in [0.5, 0.6) is 0 Å². The predicted octanol–water partition coefficient (Wildman–Crippen LogP) is 3.69. The molecule has 0 aromatic heterocycles. The molecule has 4 atom stereocenters. The summed E-state index contributed by atoms with van der Waals surface area (Å²) in [5.74, 6) is 0.940. The minimum atomic E-state index is -0.0915. The van der Waals surface area contributed by atoms with Crippen molar-refractivity contribution in [1.82, 2.24) is 0 Å². The molecule has 1 aromatic rings. The molecule has 2 fully saturated rings. The SMILES string of the molecule is CC12CC3CC(N)(CC(C1)c1cc(F)ccc13)C2. The van der Waals surface area contributed by atoms with E-state index in [4.69, 9.17) is 5.73 Å². The monoisotopic (exact) mass is 245 g/mol. The minimum Gasteiger partial charge on any atom is -0.325 e. The van der Waals surface area contributed by atoms with Gasteiger partial charge in [-0.05, 0) is 72.6 Å². The van der Waals surface area contributed by atoms with Crippen LogP contribution in [-0.2, 0) is 0 Å². The highest BCUT2D eigenvalue weighted by atomic mass is 19.1. The third-order valence-corrected chi connectivity index (χ3v) is 5.49. The molecule has 0 aliphatic heterocycles.